The lowest BCUT2D eigenvalue weighted by Gasteiger charge is -1.99. The van der Waals surface area contributed by atoms with Crippen LogP contribution in [0.3, 0.4) is 0 Å². The van der Waals surface area contributed by atoms with E-state index in [0.717, 1.165) is 5.56 Å². The summed E-state index contributed by atoms with van der Waals surface area (Å²) in [4.78, 5) is 11.9. The van der Waals surface area contributed by atoms with E-state index in [9.17, 15) is 17.4 Å². The molecule has 0 spiro atoms. The van der Waals surface area contributed by atoms with Gasteiger partial charge < -0.3 is 10.3 Å². The smallest absolute Gasteiger partial charge is 0.372 e. The van der Waals surface area contributed by atoms with Gasteiger partial charge in [-0.2, -0.15) is 18.2 Å². The molecule has 1 unspecified atom stereocenters. The minimum atomic E-state index is -4.65. The molecule has 2 N–H and O–H groups in total. The summed E-state index contributed by atoms with van der Waals surface area (Å²) in [5.74, 6) is -1.11. The molecule has 6 nitrogen and oxygen atoms in total. The van der Waals surface area contributed by atoms with Gasteiger partial charge in [0.05, 0.1) is 0 Å². The molecule has 2 rings (SSSR count). The van der Waals surface area contributed by atoms with Crippen molar-refractivity contribution in [1.29, 1.82) is 0 Å². The zero-order valence-corrected chi connectivity index (χ0v) is 12.1. The predicted molar refractivity (Wildman–Crippen MR) is 72.8 cm³/mol. The highest BCUT2D eigenvalue weighted by Crippen LogP contribution is 2.29. The third-order valence-electron chi connectivity index (χ3n) is 2.25. The van der Waals surface area contributed by atoms with Gasteiger partial charge in [0.15, 0.2) is 0 Å². The van der Waals surface area contributed by atoms with Crippen LogP contribution in [0.25, 0.3) is 11.4 Å². The number of primary amides is 1. The molecule has 1 amide bonds. The lowest BCUT2D eigenvalue weighted by Crippen LogP contribution is -2.04. The van der Waals surface area contributed by atoms with Crippen LogP contribution in [0.5, 0.6) is 0 Å². The van der Waals surface area contributed by atoms with Crippen molar-refractivity contribution in [1.82, 2.24) is 10.1 Å². The molecule has 2 aromatic rings. The van der Waals surface area contributed by atoms with E-state index in [1.807, 2.05) is 0 Å². The lowest BCUT2D eigenvalue weighted by molar-refractivity contribution is -0.159. The first-order chi connectivity index (χ1) is 10.3. The molecule has 0 saturated heterocycles. The van der Waals surface area contributed by atoms with Crippen molar-refractivity contribution >= 4 is 17.2 Å². The fourth-order valence-electron chi connectivity index (χ4n) is 1.44. The molecule has 22 heavy (non-hydrogen) atoms. The second kappa shape index (κ2) is 7.69. The summed E-state index contributed by atoms with van der Waals surface area (Å²) in [6, 6.07) is 6.46. The maximum atomic E-state index is 12.3. The molecule has 0 saturated carbocycles. The van der Waals surface area contributed by atoms with Crippen LogP contribution in [0.1, 0.15) is 11.5 Å². The predicted octanol–water partition coefficient (Wildman–Crippen LogP) is 1.74. The van der Waals surface area contributed by atoms with Crippen molar-refractivity contribution in [2.45, 2.75) is 11.9 Å². The van der Waals surface area contributed by atoms with Gasteiger partial charge in [-0.25, -0.2) is 0 Å². The van der Waals surface area contributed by atoms with Crippen molar-refractivity contribution in [3.05, 3.63) is 35.7 Å². The van der Waals surface area contributed by atoms with E-state index in [0.29, 0.717) is 11.3 Å². The van der Waals surface area contributed by atoms with Crippen molar-refractivity contribution in [3.63, 3.8) is 0 Å². The second-order valence-electron chi connectivity index (χ2n) is 3.97. The Morgan fingerprint density at radius 3 is 2.27 bits per heavy atom. The van der Waals surface area contributed by atoms with E-state index in [-0.39, 0.29) is 12.2 Å². The number of alkyl halides is 3. The number of hydrogen-bond acceptors (Lipinski definition) is 5. The van der Waals surface area contributed by atoms with Crippen LogP contribution in [0.2, 0.25) is 0 Å². The monoisotopic (exact) mass is 335 g/mol. The lowest BCUT2D eigenvalue weighted by atomic mass is 10.1. The van der Waals surface area contributed by atoms with Gasteiger partial charge in [0.25, 0.3) is 0 Å². The third kappa shape index (κ3) is 5.28. The number of benzene rings is 1. The van der Waals surface area contributed by atoms with Gasteiger partial charge in [0.2, 0.25) is 12.2 Å². The standard InChI is InChI=1S/C11H9F3N2O2S.CH3NO/c1-19(17)6-7-2-4-8(5-3-7)9-15-10(18-16-9)11(12,13)14;2-1-3/h2-5H,6H2,1H3;1H,(H2,2,3). The van der Waals surface area contributed by atoms with Crippen LogP contribution in [0.4, 0.5) is 13.2 Å². The van der Waals surface area contributed by atoms with Gasteiger partial charge in [-0.3, -0.25) is 9.00 Å². The summed E-state index contributed by atoms with van der Waals surface area (Å²) in [5.41, 5.74) is 5.40. The van der Waals surface area contributed by atoms with Crippen molar-refractivity contribution in [2.24, 2.45) is 5.73 Å². The minimum absolute atomic E-state index is 0.128. The number of hydrogen-bond donors (Lipinski definition) is 1. The fourth-order valence-corrected chi connectivity index (χ4v) is 2.10. The Hall–Kier alpha value is -2.23. The third-order valence-corrected chi connectivity index (χ3v) is 2.99. The normalized spacial score (nSPS) is 12.2. The molecular formula is C12H12F3N3O3S. The largest absolute Gasteiger partial charge is 0.471 e. The van der Waals surface area contributed by atoms with E-state index in [1.165, 1.54) is 0 Å². The first kappa shape index (κ1) is 17.8. The van der Waals surface area contributed by atoms with Crippen molar-refractivity contribution in [2.75, 3.05) is 6.26 Å². The average molecular weight is 335 g/mol. The number of rotatable bonds is 3. The highest BCUT2D eigenvalue weighted by atomic mass is 32.2. The molecule has 120 valence electrons. The molecule has 0 aliphatic heterocycles. The zero-order chi connectivity index (χ0) is 16.8. The summed E-state index contributed by atoms with van der Waals surface area (Å²) >= 11 is 0. The summed E-state index contributed by atoms with van der Waals surface area (Å²) in [6.07, 6.45) is -2.83. The Morgan fingerprint density at radius 2 is 1.86 bits per heavy atom. The quantitative estimate of drug-likeness (QED) is 0.861. The fraction of sp³-hybridized carbons (Fsp3) is 0.250. The highest BCUT2D eigenvalue weighted by molar-refractivity contribution is 7.83. The number of nitrogens with zero attached hydrogens (tertiary/aromatic N) is 2. The summed E-state index contributed by atoms with van der Waals surface area (Å²) in [5, 5.41) is 3.28. The Bertz CT molecular complexity index is 641. The molecule has 1 aromatic heterocycles. The van der Waals surface area contributed by atoms with Crippen LogP contribution < -0.4 is 5.73 Å². The van der Waals surface area contributed by atoms with Crippen molar-refractivity contribution in [3.8, 4) is 11.4 Å². The van der Waals surface area contributed by atoms with Crippen molar-refractivity contribution < 1.29 is 26.7 Å². The van der Waals surface area contributed by atoms with E-state index < -0.39 is 22.9 Å². The molecule has 0 fully saturated rings. The number of nitrogens with two attached hydrogens (primary N) is 1. The van der Waals surface area contributed by atoms with Gasteiger partial charge in [-0.15, -0.1) is 0 Å². The number of amides is 1. The van der Waals surface area contributed by atoms with E-state index in [4.69, 9.17) is 4.79 Å². The number of carbonyl (C=O) groups is 1. The van der Waals surface area contributed by atoms with E-state index >= 15 is 0 Å². The Morgan fingerprint density at radius 1 is 1.32 bits per heavy atom. The number of halogens is 3. The van der Waals surface area contributed by atoms with Gasteiger partial charge in [0, 0.05) is 28.4 Å². The number of aromatic nitrogens is 2. The van der Waals surface area contributed by atoms with Crippen LogP contribution in [-0.2, 0) is 27.5 Å². The Kier molecular flexibility index (Phi) is 6.23. The molecule has 0 aliphatic rings. The summed E-state index contributed by atoms with van der Waals surface area (Å²) < 4.78 is 52.1. The zero-order valence-electron chi connectivity index (χ0n) is 11.3. The Balaban J connectivity index is 0.000000745. The summed E-state index contributed by atoms with van der Waals surface area (Å²) in [7, 11) is -0.974. The Labute approximate surface area is 126 Å². The van der Waals surface area contributed by atoms with Crippen LogP contribution >= 0.6 is 0 Å². The van der Waals surface area contributed by atoms with Gasteiger partial charge in [-0.1, -0.05) is 29.4 Å². The van der Waals surface area contributed by atoms with E-state index in [1.54, 1.807) is 30.5 Å². The van der Waals surface area contributed by atoms with Gasteiger partial charge in [-0.05, 0) is 5.56 Å². The van der Waals surface area contributed by atoms with E-state index in [2.05, 4.69) is 20.4 Å². The maximum absolute atomic E-state index is 12.3. The van der Waals surface area contributed by atoms with Gasteiger partial charge in [0.1, 0.15) is 0 Å². The molecule has 1 heterocycles. The van der Waals surface area contributed by atoms with Gasteiger partial charge >= 0.3 is 12.1 Å². The first-order valence-corrected chi connectivity index (χ1v) is 7.46. The van der Waals surface area contributed by atoms with Crippen LogP contribution in [-0.4, -0.2) is 27.0 Å². The topological polar surface area (TPSA) is 99.1 Å². The number of carbonyl (C=O) groups excluding carboxylic acids is 1. The minimum Gasteiger partial charge on any atom is -0.372 e. The van der Waals surface area contributed by atoms with Crippen LogP contribution in [0, 0.1) is 0 Å². The van der Waals surface area contributed by atoms with Crippen LogP contribution in [0.15, 0.2) is 28.8 Å². The molecule has 10 heteroatoms. The summed E-state index contributed by atoms with van der Waals surface area (Å²) in [6.45, 7) is 0. The maximum Gasteiger partial charge on any atom is 0.471 e. The molecule has 1 aromatic carbocycles. The molecule has 0 aliphatic carbocycles. The molecule has 0 bridgehead atoms. The molecule has 1 atom stereocenters. The SMILES string of the molecule is CS(=O)Cc1ccc(-c2noc(C(F)(F)F)n2)cc1.NC=O. The molecule has 0 radical (unpaired) electrons. The average Bonchev–Trinajstić information content (AvgIpc) is 2.89. The molecular weight excluding hydrogens is 323 g/mol. The first-order valence-electron chi connectivity index (χ1n) is 5.73. The second-order valence-corrected chi connectivity index (χ2v) is 5.41. The highest BCUT2D eigenvalue weighted by Gasteiger charge is 2.38.